The van der Waals surface area contributed by atoms with Crippen LogP contribution < -0.4 is 4.74 Å². The van der Waals surface area contributed by atoms with E-state index < -0.39 is 12.0 Å². The molecular weight excluding hydrogens is 318 g/mol. The molecule has 1 aliphatic heterocycles. The first-order chi connectivity index (χ1) is 11.0. The molecule has 2 aliphatic rings. The molecule has 0 radical (unpaired) electrons. The summed E-state index contributed by atoms with van der Waals surface area (Å²) in [6, 6.07) is 6.18. The van der Waals surface area contributed by atoms with Crippen molar-refractivity contribution in [3.05, 3.63) is 41.1 Å². The lowest BCUT2D eigenvalue weighted by Crippen LogP contribution is -2.44. The predicted molar refractivity (Wildman–Crippen MR) is 85.3 cm³/mol. The van der Waals surface area contributed by atoms with Gasteiger partial charge in [0.15, 0.2) is 0 Å². The molecule has 1 amide bonds. The molecule has 1 aromatic rings. The second-order valence-corrected chi connectivity index (χ2v) is 6.40. The molecule has 5 nitrogen and oxygen atoms in total. The average molecular weight is 336 g/mol. The summed E-state index contributed by atoms with van der Waals surface area (Å²) in [5.41, 5.74) is 0. The molecular formula is C17H18ClNO4. The molecule has 1 atom stereocenters. The van der Waals surface area contributed by atoms with Crippen molar-refractivity contribution < 1.29 is 19.4 Å². The van der Waals surface area contributed by atoms with E-state index in [1.807, 2.05) is 0 Å². The van der Waals surface area contributed by atoms with Crippen molar-refractivity contribution >= 4 is 23.5 Å². The summed E-state index contributed by atoms with van der Waals surface area (Å²) >= 11 is 6.04. The second-order valence-electron chi connectivity index (χ2n) is 6.00. The van der Waals surface area contributed by atoms with Gasteiger partial charge in [0.05, 0.1) is 11.6 Å². The van der Waals surface area contributed by atoms with Gasteiger partial charge in [0.1, 0.15) is 17.6 Å². The summed E-state index contributed by atoms with van der Waals surface area (Å²) in [6.07, 6.45) is 5.09. The van der Waals surface area contributed by atoms with Gasteiger partial charge in [-0.3, -0.25) is 4.79 Å². The van der Waals surface area contributed by atoms with Crippen molar-refractivity contribution in [2.45, 2.75) is 31.7 Å². The number of hydrogen-bond donors (Lipinski definition) is 1. The highest BCUT2D eigenvalue weighted by molar-refractivity contribution is 6.32. The number of hydrogen-bond acceptors (Lipinski definition) is 3. The number of aliphatic carboxylic acids is 1. The molecule has 1 N–H and O–H groups in total. The van der Waals surface area contributed by atoms with Crippen LogP contribution in [0.2, 0.25) is 5.02 Å². The van der Waals surface area contributed by atoms with Gasteiger partial charge in [0, 0.05) is 6.08 Å². The Morgan fingerprint density at radius 3 is 2.74 bits per heavy atom. The summed E-state index contributed by atoms with van der Waals surface area (Å²) in [6.45, 7) is 0.160. The molecule has 23 heavy (non-hydrogen) atoms. The zero-order chi connectivity index (χ0) is 16.4. The summed E-state index contributed by atoms with van der Waals surface area (Å²) in [5, 5.41) is 9.91. The van der Waals surface area contributed by atoms with Crippen LogP contribution in [0.15, 0.2) is 36.1 Å². The van der Waals surface area contributed by atoms with Gasteiger partial charge < -0.3 is 14.7 Å². The first-order valence-corrected chi connectivity index (χ1v) is 8.09. The van der Waals surface area contributed by atoms with Crippen LogP contribution in [0.5, 0.6) is 5.75 Å². The minimum absolute atomic E-state index is 0.160. The van der Waals surface area contributed by atoms with E-state index in [2.05, 4.69) is 0 Å². The Balaban J connectivity index is 1.68. The molecule has 0 aromatic heterocycles. The van der Waals surface area contributed by atoms with Gasteiger partial charge in [0.2, 0.25) is 0 Å². The van der Waals surface area contributed by atoms with Gasteiger partial charge >= 0.3 is 5.97 Å². The number of amides is 1. The normalized spacial score (nSPS) is 19.3. The zero-order valence-electron chi connectivity index (χ0n) is 12.6. The lowest BCUT2D eigenvalue weighted by molar-refractivity contribution is -0.148. The van der Waals surface area contributed by atoms with Crippen LogP contribution in [0.1, 0.15) is 25.7 Å². The lowest BCUT2D eigenvalue weighted by Gasteiger charge is -2.32. The molecule has 6 heteroatoms. The van der Waals surface area contributed by atoms with E-state index in [1.165, 1.54) is 11.0 Å². The standard InChI is InChI=1S/C17H18ClNO4/c18-13-6-1-2-7-15(13)23-12-9-16(20)19(10-12)14(17(21)22)8-11-4-3-5-11/h1-2,6-7,9,11,14H,3-5,8,10H2,(H,21,22). The Bertz CT molecular complexity index is 654. The first-order valence-electron chi connectivity index (χ1n) is 7.71. The number of carboxylic acids is 1. The summed E-state index contributed by atoms with van der Waals surface area (Å²) in [4.78, 5) is 25.1. The van der Waals surface area contributed by atoms with E-state index in [9.17, 15) is 14.7 Å². The molecule has 1 saturated carbocycles. The van der Waals surface area contributed by atoms with E-state index in [0.717, 1.165) is 19.3 Å². The summed E-state index contributed by atoms with van der Waals surface area (Å²) in [5.74, 6) is -0.00208. The number of carboxylic acid groups (broad SMARTS) is 1. The quantitative estimate of drug-likeness (QED) is 0.867. The fourth-order valence-corrected chi connectivity index (χ4v) is 3.09. The van der Waals surface area contributed by atoms with Crippen LogP contribution in [0, 0.1) is 5.92 Å². The van der Waals surface area contributed by atoms with Crippen molar-refractivity contribution in [3.8, 4) is 5.75 Å². The van der Waals surface area contributed by atoms with Gasteiger partial charge in [-0.2, -0.15) is 0 Å². The number of halogens is 1. The lowest BCUT2D eigenvalue weighted by atomic mass is 9.80. The van der Waals surface area contributed by atoms with Crippen molar-refractivity contribution in [2.75, 3.05) is 6.54 Å². The van der Waals surface area contributed by atoms with Crippen LogP contribution in [0.25, 0.3) is 0 Å². The zero-order valence-corrected chi connectivity index (χ0v) is 13.3. The van der Waals surface area contributed by atoms with Crippen LogP contribution in [0.4, 0.5) is 0 Å². The van der Waals surface area contributed by atoms with Gasteiger partial charge in [-0.05, 0) is 24.5 Å². The van der Waals surface area contributed by atoms with Crippen LogP contribution >= 0.6 is 11.6 Å². The topological polar surface area (TPSA) is 66.8 Å². The molecule has 0 spiro atoms. The molecule has 1 unspecified atom stereocenters. The summed E-state index contributed by atoms with van der Waals surface area (Å²) in [7, 11) is 0. The number of rotatable bonds is 6. The Labute approximate surface area is 139 Å². The maximum atomic E-state index is 12.2. The van der Waals surface area contributed by atoms with Crippen molar-refractivity contribution in [3.63, 3.8) is 0 Å². The van der Waals surface area contributed by atoms with Crippen LogP contribution in [-0.4, -0.2) is 34.5 Å². The van der Waals surface area contributed by atoms with Gasteiger partial charge in [-0.25, -0.2) is 4.79 Å². The minimum atomic E-state index is -0.961. The smallest absolute Gasteiger partial charge is 0.326 e. The number of para-hydroxylation sites is 1. The third-order valence-electron chi connectivity index (χ3n) is 4.41. The highest BCUT2D eigenvalue weighted by Gasteiger charge is 2.36. The number of ether oxygens (including phenoxy) is 1. The van der Waals surface area contributed by atoms with E-state index in [0.29, 0.717) is 28.9 Å². The second kappa shape index (κ2) is 6.62. The molecule has 3 rings (SSSR count). The predicted octanol–water partition coefficient (Wildman–Crippen LogP) is 3.09. The van der Waals surface area contributed by atoms with Gasteiger partial charge in [-0.1, -0.05) is 43.0 Å². The minimum Gasteiger partial charge on any atom is -0.480 e. The highest BCUT2D eigenvalue weighted by Crippen LogP contribution is 2.33. The number of carbonyl (C=O) groups excluding carboxylic acids is 1. The number of carbonyl (C=O) groups is 2. The molecule has 1 aliphatic carbocycles. The first kappa shape index (κ1) is 15.9. The Morgan fingerprint density at radius 2 is 2.13 bits per heavy atom. The highest BCUT2D eigenvalue weighted by atomic mass is 35.5. The third-order valence-corrected chi connectivity index (χ3v) is 4.73. The number of benzene rings is 1. The SMILES string of the molecule is O=C(O)C(CC1CCC1)N1CC(Oc2ccccc2Cl)=CC1=O. The summed E-state index contributed by atoms with van der Waals surface area (Å²) < 4.78 is 5.66. The molecule has 1 aromatic carbocycles. The van der Waals surface area contributed by atoms with E-state index >= 15 is 0 Å². The van der Waals surface area contributed by atoms with E-state index in [-0.39, 0.29) is 12.5 Å². The van der Waals surface area contributed by atoms with E-state index in [1.54, 1.807) is 24.3 Å². The van der Waals surface area contributed by atoms with E-state index in [4.69, 9.17) is 16.3 Å². The third kappa shape index (κ3) is 3.50. The molecule has 0 saturated heterocycles. The van der Waals surface area contributed by atoms with Gasteiger partial charge in [-0.15, -0.1) is 0 Å². The largest absolute Gasteiger partial charge is 0.480 e. The fraction of sp³-hybridized carbons (Fsp3) is 0.412. The Kier molecular flexibility index (Phi) is 4.57. The maximum absolute atomic E-state index is 12.2. The monoisotopic (exact) mass is 335 g/mol. The Morgan fingerprint density at radius 1 is 1.39 bits per heavy atom. The fourth-order valence-electron chi connectivity index (χ4n) is 2.91. The van der Waals surface area contributed by atoms with Crippen LogP contribution in [-0.2, 0) is 9.59 Å². The van der Waals surface area contributed by atoms with Gasteiger partial charge in [0.25, 0.3) is 5.91 Å². The Hall–Kier alpha value is -2.01. The van der Waals surface area contributed by atoms with Crippen molar-refractivity contribution in [2.24, 2.45) is 5.92 Å². The molecule has 0 bridgehead atoms. The molecule has 1 heterocycles. The van der Waals surface area contributed by atoms with Crippen molar-refractivity contribution in [1.82, 2.24) is 4.90 Å². The number of nitrogens with zero attached hydrogens (tertiary/aromatic N) is 1. The average Bonchev–Trinajstić information content (AvgIpc) is 2.80. The van der Waals surface area contributed by atoms with Crippen molar-refractivity contribution in [1.29, 1.82) is 0 Å². The molecule has 1 fully saturated rings. The molecule has 122 valence electrons. The van der Waals surface area contributed by atoms with Crippen LogP contribution in [0.3, 0.4) is 0 Å². The maximum Gasteiger partial charge on any atom is 0.326 e.